The molecule has 1 aromatic rings. The molecule has 3 rings (SSSR count). The Balaban J connectivity index is 1.90. The number of morpholine rings is 1. The second-order valence-corrected chi connectivity index (χ2v) is 9.52. The number of nitrogens with one attached hydrogen (secondary N) is 3. The second kappa shape index (κ2) is 13.4. The molecule has 1 aliphatic heterocycles. The highest BCUT2D eigenvalue weighted by molar-refractivity contribution is 6.37. The van der Waals surface area contributed by atoms with Crippen molar-refractivity contribution in [3.63, 3.8) is 0 Å². The molecule has 1 aromatic carbocycles. The predicted octanol–water partition coefficient (Wildman–Crippen LogP) is 3.69. The lowest BCUT2D eigenvalue weighted by Crippen LogP contribution is -2.56. The summed E-state index contributed by atoms with van der Waals surface area (Å²) in [7, 11) is 1.20. The molecular formula is C25H32F6N6O3. The average Bonchev–Trinajstić information content (AvgIpc) is 2.85. The lowest BCUT2D eigenvalue weighted by molar-refractivity contribution is -0.239. The zero-order chi connectivity index (χ0) is 29.5. The van der Waals surface area contributed by atoms with E-state index in [-0.39, 0.29) is 37.3 Å². The number of halogens is 6. The molecule has 0 radical (unpaired) electrons. The zero-order valence-corrected chi connectivity index (χ0v) is 21.9. The molecule has 0 spiro atoms. The lowest BCUT2D eigenvalue weighted by Gasteiger charge is -2.35. The van der Waals surface area contributed by atoms with Crippen LogP contribution < -0.4 is 16.1 Å². The Kier molecular flexibility index (Phi) is 10.4. The Bertz CT molecular complexity index is 1100. The smallest absolute Gasteiger partial charge is 0.416 e. The number of alkyl halides is 6. The van der Waals surface area contributed by atoms with Gasteiger partial charge in [0, 0.05) is 32.4 Å². The molecule has 2 fully saturated rings. The zero-order valence-electron chi connectivity index (χ0n) is 21.9. The maximum absolute atomic E-state index is 13.3. The Hall–Kier alpha value is -3.33. The summed E-state index contributed by atoms with van der Waals surface area (Å²) in [6.45, 7) is 1.17. The van der Waals surface area contributed by atoms with Gasteiger partial charge >= 0.3 is 18.3 Å². The van der Waals surface area contributed by atoms with Crippen molar-refractivity contribution in [2.75, 3.05) is 26.7 Å². The fourth-order valence-electron chi connectivity index (χ4n) is 4.05. The molecule has 1 heterocycles. The van der Waals surface area contributed by atoms with Gasteiger partial charge in [-0.05, 0) is 43.4 Å². The van der Waals surface area contributed by atoms with Crippen molar-refractivity contribution >= 4 is 17.6 Å². The first-order chi connectivity index (χ1) is 18.8. The molecule has 1 saturated heterocycles. The second-order valence-electron chi connectivity index (χ2n) is 9.52. The summed E-state index contributed by atoms with van der Waals surface area (Å²) in [5.74, 6) is -1.82. The highest BCUT2D eigenvalue weighted by atomic mass is 19.4. The third-order valence-corrected chi connectivity index (χ3v) is 6.68. The Morgan fingerprint density at radius 1 is 1.20 bits per heavy atom. The minimum atomic E-state index is -4.62. The number of rotatable bonds is 8. The molecule has 1 saturated carbocycles. The maximum Gasteiger partial charge on any atom is 0.416 e. The number of benzene rings is 1. The van der Waals surface area contributed by atoms with Crippen LogP contribution in [0.1, 0.15) is 37.3 Å². The van der Waals surface area contributed by atoms with Crippen LogP contribution in [-0.4, -0.2) is 72.8 Å². The largest absolute Gasteiger partial charge is 0.475 e. The van der Waals surface area contributed by atoms with Gasteiger partial charge in [0.15, 0.2) is 11.9 Å². The quantitative estimate of drug-likeness (QED) is 0.212. The molecule has 9 nitrogen and oxygen atoms in total. The van der Waals surface area contributed by atoms with Crippen LogP contribution in [0, 0.1) is 5.92 Å². The Morgan fingerprint density at radius 3 is 2.40 bits per heavy atom. The maximum atomic E-state index is 13.3. The fraction of sp³-hybridized carbons (Fsp3) is 0.560. The van der Waals surface area contributed by atoms with E-state index in [0.29, 0.717) is 11.5 Å². The van der Waals surface area contributed by atoms with Crippen molar-refractivity contribution in [1.82, 2.24) is 21.1 Å². The lowest BCUT2D eigenvalue weighted by atomic mass is 9.80. The molecule has 15 heteroatoms. The number of carboxylic acid groups (broad SMARTS) is 1. The fourth-order valence-corrected chi connectivity index (χ4v) is 4.05. The highest BCUT2D eigenvalue weighted by Gasteiger charge is 2.43. The highest BCUT2D eigenvalue weighted by Crippen LogP contribution is 2.30. The molecular weight excluding hydrogens is 546 g/mol. The van der Waals surface area contributed by atoms with Gasteiger partial charge in [0.2, 0.25) is 5.84 Å². The standard InChI is InChI=1S/C25H32F6N6O3/c1-15(17-4-3-5-17)33-13-19(34-12-16-6-8-18(9-7-16)24(26,27)28)21(35-22(32-2)23(38)39)36-37-10-11-40-20(14-37)25(29,30)31/h6-9,13,15,17,20,33-34H,3-5,10-12,14H2,1-2H3,(H,38,39)(H,32,35,36)/b19-13-/t15-,20?/m1/s1. The van der Waals surface area contributed by atoms with E-state index in [1.54, 1.807) is 0 Å². The average molecular weight is 579 g/mol. The van der Waals surface area contributed by atoms with Gasteiger partial charge < -0.3 is 25.9 Å². The van der Waals surface area contributed by atoms with Gasteiger partial charge in [-0.3, -0.25) is 4.99 Å². The van der Waals surface area contributed by atoms with E-state index in [1.807, 2.05) is 6.92 Å². The van der Waals surface area contributed by atoms with Gasteiger partial charge in [0.25, 0.3) is 0 Å². The van der Waals surface area contributed by atoms with E-state index >= 15 is 0 Å². The Morgan fingerprint density at radius 2 is 1.88 bits per heavy atom. The molecule has 40 heavy (non-hydrogen) atoms. The molecule has 0 amide bonds. The van der Waals surface area contributed by atoms with Gasteiger partial charge in [0.1, 0.15) is 0 Å². The van der Waals surface area contributed by atoms with Gasteiger partial charge in [-0.2, -0.15) is 26.3 Å². The van der Waals surface area contributed by atoms with Crippen LogP contribution >= 0.6 is 0 Å². The van der Waals surface area contributed by atoms with Crippen LogP contribution in [-0.2, 0) is 22.3 Å². The molecule has 1 aliphatic carbocycles. The van der Waals surface area contributed by atoms with E-state index < -0.39 is 42.4 Å². The van der Waals surface area contributed by atoms with Crippen molar-refractivity contribution in [2.45, 2.75) is 57.2 Å². The number of nitrogens with zero attached hydrogens (tertiary/aromatic N) is 3. The topological polar surface area (TPSA) is 111 Å². The van der Waals surface area contributed by atoms with Crippen LogP contribution in [0.3, 0.4) is 0 Å². The third kappa shape index (κ3) is 8.84. The van der Waals surface area contributed by atoms with Crippen LogP contribution in [0.4, 0.5) is 26.3 Å². The van der Waals surface area contributed by atoms with Crippen LogP contribution in [0.15, 0.2) is 46.1 Å². The van der Waals surface area contributed by atoms with Crippen molar-refractivity contribution in [2.24, 2.45) is 15.9 Å². The number of aliphatic imine (C=N–C) groups is 2. The molecule has 4 N–H and O–H groups in total. The summed E-state index contributed by atoms with van der Waals surface area (Å²) in [4.78, 5) is 19.4. The Labute approximate surface area is 227 Å². The summed E-state index contributed by atoms with van der Waals surface area (Å²) in [6.07, 6.45) is -6.52. The predicted molar refractivity (Wildman–Crippen MR) is 135 cm³/mol. The first kappa shape index (κ1) is 31.2. The summed E-state index contributed by atoms with van der Waals surface area (Å²) in [5.41, 5.74) is 2.59. The number of carbonyl (C=O) groups is 1. The summed E-state index contributed by atoms with van der Waals surface area (Å²) in [5, 5.41) is 16.9. The number of hydrogen-bond donors (Lipinski definition) is 4. The molecule has 2 aliphatic rings. The number of amidine groups is 2. The third-order valence-electron chi connectivity index (χ3n) is 6.68. The first-order valence-electron chi connectivity index (χ1n) is 12.6. The van der Waals surface area contributed by atoms with Gasteiger partial charge in [-0.25, -0.2) is 14.8 Å². The SMILES string of the molecule is C\N=C(/N=C(NN1CCOC(C(F)(F)F)C1)\C(=C\N[C@H](C)C1CCC1)NCc1ccc(C(F)(F)F)cc1)C(=O)O. The molecule has 0 aromatic heterocycles. The van der Waals surface area contributed by atoms with Crippen LogP contribution in [0.5, 0.6) is 0 Å². The summed E-state index contributed by atoms with van der Waals surface area (Å²) >= 11 is 0. The first-order valence-corrected chi connectivity index (χ1v) is 12.6. The van der Waals surface area contributed by atoms with E-state index in [2.05, 4.69) is 26.0 Å². The number of hydrogen-bond acceptors (Lipinski definition) is 6. The van der Waals surface area contributed by atoms with Crippen LogP contribution in [0.25, 0.3) is 0 Å². The molecule has 1 unspecified atom stereocenters. The molecule has 0 bridgehead atoms. The number of ether oxygens (including phenoxy) is 1. The minimum Gasteiger partial charge on any atom is -0.475 e. The number of aliphatic carboxylic acids is 1. The van der Waals surface area contributed by atoms with Crippen molar-refractivity contribution in [3.05, 3.63) is 47.3 Å². The van der Waals surface area contributed by atoms with Gasteiger partial charge in [0.05, 0.1) is 24.4 Å². The van der Waals surface area contributed by atoms with E-state index in [9.17, 15) is 36.2 Å². The van der Waals surface area contributed by atoms with Crippen molar-refractivity contribution < 1.29 is 41.0 Å². The van der Waals surface area contributed by atoms with E-state index in [1.165, 1.54) is 30.4 Å². The molecule has 222 valence electrons. The van der Waals surface area contributed by atoms with E-state index in [0.717, 1.165) is 31.4 Å². The van der Waals surface area contributed by atoms with Crippen molar-refractivity contribution in [3.8, 4) is 0 Å². The van der Waals surface area contributed by atoms with E-state index in [4.69, 9.17) is 4.74 Å². The minimum absolute atomic E-state index is 0.00409. The van der Waals surface area contributed by atoms with Crippen LogP contribution in [0.2, 0.25) is 0 Å². The normalized spacial score (nSPS) is 21.0. The summed E-state index contributed by atoms with van der Waals surface area (Å²) < 4.78 is 83.6. The number of carboxylic acids is 1. The van der Waals surface area contributed by atoms with Gasteiger partial charge in [-0.1, -0.05) is 18.6 Å². The van der Waals surface area contributed by atoms with Crippen molar-refractivity contribution in [1.29, 1.82) is 0 Å². The monoisotopic (exact) mass is 578 g/mol. The molecule has 2 atom stereocenters. The van der Waals surface area contributed by atoms with Gasteiger partial charge in [-0.15, -0.1) is 0 Å². The summed E-state index contributed by atoms with van der Waals surface area (Å²) in [6, 6.07) is 4.46. The number of hydrazine groups is 1.